The summed E-state index contributed by atoms with van der Waals surface area (Å²) in [6, 6.07) is 4.04. The number of thiazole rings is 1. The van der Waals surface area contributed by atoms with Crippen LogP contribution in [-0.2, 0) is 5.75 Å². The monoisotopic (exact) mass is 294 g/mol. The lowest BCUT2D eigenvalue weighted by molar-refractivity contribution is 0.972. The number of nitrogens with zero attached hydrogens (tertiary/aromatic N) is 3. The van der Waals surface area contributed by atoms with E-state index in [9.17, 15) is 0 Å². The first-order valence-corrected chi connectivity index (χ1v) is 8.06. The number of aromatic nitrogens is 4. The van der Waals surface area contributed by atoms with Crippen LogP contribution in [0.2, 0.25) is 0 Å². The SMILES string of the molecule is Cc1nc(CSc2n[nH]c(-c3cccs3)n2)cs1. The molecule has 0 spiro atoms. The molecule has 3 aromatic heterocycles. The fourth-order valence-corrected chi connectivity index (χ4v) is 3.52. The fraction of sp³-hybridized carbons (Fsp3) is 0.182. The molecule has 18 heavy (non-hydrogen) atoms. The lowest BCUT2D eigenvalue weighted by Crippen LogP contribution is -1.82. The van der Waals surface area contributed by atoms with Gasteiger partial charge in [0.2, 0.25) is 5.16 Å². The normalized spacial score (nSPS) is 10.9. The second-order valence-corrected chi connectivity index (χ2v) is 6.54. The Morgan fingerprint density at radius 3 is 3.00 bits per heavy atom. The van der Waals surface area contributed by atoms with Crippen LogP contribution in [0, 0.1) is 6.92 Å². The summed E-state index contributed by atoms with van der Waals surface area (Å²) in [5.74, 6) is 1.65. The van der Waals surface area contributed by atoms with E-state index in [0.717, 1.165) is 32.3 Å². The average Bonchev–Trinajstić information content (AvgIpc) is 3.07. The Bertz CT molecular complexity index is 626. The van der Waals surface area contributed by atoms with Crippen molar-refractivity contribution in [3.05, 3.63) is 33.6 Å². The van der Waals surface area contributed by atoms with Gasteiger partial charge in [0, 0.05) is 11.1 Å². The van der Waals surface area contributed by atoms with Crippen LogP contribution in [0.5, 0.6) is 0 Å². The molecule has 92 valence electrons. The van der Waals surface area contributed by atoms with Crippen molar-refractivity contribution in [2.45, 2.75) is 17.8 Å². The van der Waals surface area contributed by atoms with Crippen molar-refractivity contribution in [1.82, 2.24) is 20.2 Å². The van der Waals surface area contributed by atoms with Crippen molar-refractivity contribution in [2.24, 2.45) is 0 Å². The van der Waals surface area contributed by atoms with E-state index in [-0.39, 0.29) is 0 Å². The van der Waals surface area contributed by atoms with Gasteiger partial charge < -0.3 is 0 Å². The molecule has 0 aliphatic carbocycles. The Morgan fingerprint density at radius 2 is 2.28 bits per heavy atom. The molecule has 0 aliphatic heterocycles. The summed E-state index contributed by atoms with van der Waals surface area (Å²) in [6.45, 7) is 2.01. The predicted octanol–water partition coefficient (Wildman–Crippen LogP) is 3.59. The predicted molar refractivity (Wildman–Crippen MR) is 76.1 cm³/mol. The average molecular weight is 294 g/mol. The van der Waals surface area contributed by atoms with Crippen molar-refractivity contribution in [3.8, 4) is 10.7 Å². The standard InChI is InChI=1S/C11H10N4S3/c1-7-12-8(5-17-7)6-18-11-13-10(14-15-11)9-3-2-4-16-9/h2-5H,6H2,1H3,(H,13,14,15). The topological polar surface area (TPSA) is 54.5 Å². The third-order valence-electron chi connectivity index (χ3n) is 2.24. The van der Waals surface area contributed by atoms with Gasteiger partial charge in [-0.05, 0) is 18.4 Å². The summed E-state index contributed by atoms with van der Waals surface area (Å²) in [6.07, 6.45) is 0. The van der Waals surface area contributed by atoms with Crippen molar-refractivity contribution in [3.63, 3.8) is 0 Å². The minimum Gasteiger partial charge on any atom is -0.257 e. The number of aryl methyl sites for hydroxylation is 1. The van der Waals surface area contributed by atoms with Gasteiger partial charge in [-0.1, -0.05) is 17.8 Å². The minimum absolute atomic E-state index is 0.768. The van der Waals surface area contributed by atoms with E-state index in [0.29, 0.717) is 0 Å². The fourth-order valence-electron chi connectivity index (χ4n) is 1.45. The molecule has 0 atom stereocenters. The van der Waals surface area contributed by atoms with E-state index in [1.54, 1.807) is 34.4 Å². The highest BCUT2D eigenvalue weighted by Gasteiger charge is 2.07. The van der Waals surface area contributed by atoms with Gasteiger partial charge in [-0.2, -0.15) is 0 Å². The molecule has 0 radical (unpaired) electrons. The molecule has 0 saturated carbocycles. The highest BCUT2D eigenvalue weighted by atomic mass is 32.2. The second kappa shape index (κ2) is 5.21. The first-order chi connectivity index (χ1) is 8.81. The van der Waals surface area contributed by atoms with E-state index in [1.165, 1.54) is 0 Å². The molecule has 3 aromatic rings. The zero-order valence-corrected chi connectivity index (χ0v) is 12.0. The summed E-state index contributed by atoms with van der Waals surface area (Å²) < 4.78 is 0. The van der Waals surface area contributed by atoms with Gasteiger partial charge in [0.15, 0.2) is 5.82 Å². The van der Waals surface area contributed by atoms with Crippen LogP contribution in [0.3, 0.4) is 0 Å². The summed E-state index contributed by atoms with van der Waals surface area (Å²) in [4.78, 5) is 9.98. The van der Waals surface area contributed by atoms with Gasteiger partial charge in [0.1, 0.15) is 0 Å². The van der Waals surface area contributed by atoms with Crippen molar-refractivity contribution in [2.75, 3.05) is 0 Å². The molecule has 0 amide bonds. The maximum atomic E-state index is 4.46. The summed E-state index contributed by atoms with van der Waals surface area (Å²) in [5, 5.41) is 13.1. The number of hydrogen-bond donors (Lipinski definition) is 1. The van der Waals surface area contributed by atoms with Gasteiger partial charge in [-0.25, -0.2) is 9.97 Å². The minimum atomic E-state index is 0.768. The lowest BCUT2D eigenvalue weighted by Gasteiger charge is -1.91. The van der Waals surface area contributed by atoms with Crippen LogP contribution in [0.15, 0.2) is 28.0 Å². The van der Waals surface area contributed by atoms with Crippen LogP contribution < -0.4 is 0 Å². The third kappa shape index (κ3) is 2.63. The molecule has 0 aromatic carbocycles. The number of thioether (sulfide) groups is 1. The molecule has 0 fully saturated rings. The van der Waals surface area contributed by atoms with Gasteiger partial charge in [-0.3, -0.25) is 5.10 Å². The molecule has 0 aliphatic rings. The quantitative estimate of drug-likeness (QED) is 0.747. The molecule has 3 heterocycles. The zero-order valence-electron chi connectivity index (χ0n) is 9.58. The van der Waals surface area contributed by atoms with Crippen LogP contribution in [-0.4, -0.2) is 20.2 Å². The van der Waals surface area contributed by atoms with Gasteiger partial charge >= 0.3 is 0 Å². The number of rotatable bonds is 4. The lowest BCUT2D eigenvalue weighted by atomic mass is 10.4. The van der Waals surface area contributed by atoms with Gasteiger partial charge in [-0.15, -0.1) is 27.8 Å². The molecule has 0 unspecified atom stereocenters. The van der Waals surface area contributed by atoms with Crippen LogP contribution in [0.1, 0.15) is 10.7 Å². The summed E-state index contributed by atoms with van der Waals surface area (Å²) in [5.41, 5.74) is 1.09. The Morgan fingerprint density at radius 1 is 1.33 bits per heavy atom. The first kappa shape index (κ1) is 11.9. The van der Waals surface area contributed by atoms with Crippen molar-refractivity contribution >= 4 is 34.4 Å². The molecule has 0 saturated heterocycles. The number of hydrogen-bond acceptors (Lipinski definition) is 6. The Hall–Kier alpha value is -1.18. The molecule has 3 rings (SSSR count). The van der Waals surface area contributed by atoms with Crippen molar-refractivity contribution in [1.29, 1.82) is 0 Å². The smallest absolute Gasteiger partial charge is 0.209 e. The van der Waals surface area contributed by atoms with E-state index in [2.05, 4.69) is 25.5 Å². The van der Waals surface area contributed by atoms with E-state index in [1.807, 2.05) is 24.4 Å². The number of nitrogens with one attached hydrogen (secondary N) is 1. The number of H-pyrrole nitrogens is 1. The van der Waals surface area contributed by atoms with Gasteiger partial charge in [0.05, 0.1) is 15.6 Å². The van der Waals surface area contributed by atoms with Crippen LogP contribution in [0.25, 0.3) is 10.7 Å². The molecular weight excluding hydrogens is 284 g/mol. The first-order valence-electron chi connectivity index (χ1n) is 5.31. The summed E-state index contributed by atoms with van der Waals surface area (Å²) in [7, 11) is 0. The molecule has 1 N–H and O–H groups in total. The Labute approximate surface area is 117 Å². The third-order valence-corrected chi connectivity index (χ3v) is 4.81. The Kier molecular flexibility index (Phi) is 3.44. The van der Waals surface area contributed by atoms with Gasteiger partial charge in [0.25, 0.3) is 0 Å². The second-order valence-electron chi connectivity index (χ2n) is 3.59. The molecule has 4 nitrogen and oxygen atoms in total. The van der Waals surface area contributed by atoms with E-state index < -0.39 is 0 Å². The highest BCUT2D eigenvalue weighted by molar-refractivity contribution is 7.98. The summed E-state index contributed by atoms with van der Waals surface area (Å²) >= 11 is 4.93. The maximum Gasteiger partial charge on any atom is 0.209 e. The number of thiophene rings is 1. The highest BCUT2D eigenvalue weighted by Crippen LogP contribution is 2.25. The van der Waals surface area contributed by atoms with Crippen molar-refractivity contribution < 1.29 is 0 Å². The maximum absolute atomic E-state index is 4.46. The molecule has 7 heteroatoms. The van der Waals surface area contributed by atoms with E-state index in [4.69, 9.17) is 0 Å². The Balaban J connectivity index is 1.67. The largest absolute Gasteiger partial charge is 0.257 e. The van der Waals surface area contributed by atoms with E-state index >= 15 is 0 Å². The number of aromatic amines is 1. The van der Waals surface area contributed by atoms with Crippen LogP contribution >= 0.6 is 34.4 Å². The zero-order chi connectivity index (χ0) is 12.4. The molecular formula is C11H10N4S3. The molecule has 0 bridgehead atoms. The van der Waals surface area contributed by atoms with Crippen LogP contribution in [0.4, 0.5) is 0 Å².